The zero-order valence-electron chi connectivity index (χ0n) is 12.9. The molecule has 24 heavy (non-hydrogen) atoms. The highest BCUT2D eigenvalue weighted by Gasteiger charge is 2.13. The fourth-order valence-corrected chi connectivity index (χ4v) is 3.79. The predicted octanol–water partition coefficient (Wildman–Crippen LogP) is 6.59. The van der Waals surface area contributed by atoms with E-state index in [0.29, 0.717) is 0 Å². The van der Waals surface area contributed by atoms with E-state index in [0.717, 1.165) is 16.1 Å². The van der Waals surface area contributed by atoms with E-state index in [2.05, 4.69) is 71.3 Å². The Morgan fingerprint density at radius 3 is 2.25 bits per heavy atom. The summed E-state index contributed by atoms with van der Waals surface area (Å²) in [5.41, 5.74) is 3.56. The molecule has 1 heterocycles. The second-order valence-electron chi connectivity index (χ2n) is 6.02. The van der Waals surface area contributed by atoms with Crippen LogP contribution in [0.4, 0.5) is 0 Å². The third-order valence-electron chi connectivity index (χ3n) is 4.63. The Kier molecular flexibility index (Phi) is 2.91. The molecule has 0 aliphatic rings. The molecule has 1 nitrogen and oxygen atoms in total. The zero-order chi connectivity index (χ0) is 16.1. The van der Waals surface area contributed by atoms with Crippen molar-refractivity contribution in [1.82, 2.24) is 4.57 Å². The van der Waals surface area contributed by atoms with Crippen LogP contribution in [0.5, 0.6) is 0 Å². The number of hydrogen-bond donors (Lipinski definition) is 0. The van der Waals surface area contributed by atoms with Crippen molar-refractivity contribution < 1.29 is 0 Å². The van der Waals surface area contributed by atoms with Gasteiger partial charge in [0.2, 0.25) is 0 Å². The third kappa shape index (κ3) is 1.88. The molecule has 0 aliphatic heterocycles. The van der Waals surface area contributed by atoms with Crippen LogP contribution < -0.4 is 0 Å². The minimum absolute atomic E-state index is 0.791. The van der Waals surface area contributed by atoms with Crippen molar-refractivity contribution >= 4 is 44.2 Å². The topological polar surface area (TPSA) is 4.93 Å². The van der Waals surface area contributed by atoms with Crippen molar-refractivity contribution in [3.8, 4) is 5.69 Å². The van der Waals surface area contributed by atoms with Crippen molar-refractivity contribution in [2.75, 3.05) is 0 Å². The lowest BCUT2D eigenvalue weighted by Gasteiger charge is -2.08. The molecule has 2 heteroatoms. The van der Waals surface area contributed by atoms with Crippen molar-refractivity contribution in [3.05, 3.63) is 90.0 Å². The van der Waals surface area contributed by atoms with Crippen LogP contribution >= 0.6 is 11.6 Å². The highest BCUT2D eigenvalue weighted by Crippen LogP contribution is 2.36. The summed E-state index contributed by atoms with van der Waals surface area (Å²) in [5.74, 6) is 0. The highest BCUT2D eigenvalue weighted by molar-refractivity contribution is 6.36. The van der Waals surface area contributed by atoms with E-state index in [-0.39, 0.29) is 0 Å². The van der Waals surface area contributed by atoms with E-state index >= 15 is 0 Å². The van der Waals surface area contributed by atoms with Crippen molar-refractivity contribution in [2.24, 2.45) is 0 Å². The minimum atomic E-state index is 0.791. The van der Waals surface area contributed by atoms with Gasteiger partial charge in [-0.2, -0.15) is 0 Å². The maximum Gasteiger partial charge on any atom is 0.0547 e. The van der Waals surface area contributed by atoms with Gasteiger partial charge < -0.3 is 4.57 Å². The third-order valence-corrected chi connectivity index (χ3v) is 4.96. The SMILES string of the molecule is Clc1cccc2cc3c4ccccc4n(-c4ccccc4)c3cc12. The van der Waals surface area contributed by atoms with Crippen molar-refractivity contribution in [2.45, 2.75) is 0 Å². The molecule has 0 radical (unpaired) electrons. The van der Waals surface area contributed by atoms with E-state index in [1.807, 2.05) is 18.2 Å². The van der Waals surface area contributed by atoms with E-state index < -0.39 is 0 Å². The molecule has 0 bridgehead atoms. The first-order valence-electron chi connectivity index (χ1n) is 8.00. The lowest BCUT2D eigenvalue weighted by molar-refractivity contribution is 1.18. The van der Waals surface area contributed by atoms with Crippen LogP contribution in [-0.4, -0.2) is 4.57 Å². The summed E-state index contributed by atoms with van der Waals surface area (Å²) < 4.78 is 2.31. The van der Waals surface area contributed by atoms with Crippen LogP contribution in [0.1, 0.15) is 0 Å². The molecule has 0 fully saturated rings. The molecule has 4 aromatic carbocycles. The first kappa shape index (κ1) is 13.6. The Balaban J connectivity index is 2.04. The van der Waals surface area contributed by atoms with Crippen molar-refractivity contribution in [3.63, 3.8) is 0 Å². The predicted molar refractivity (Wildman–Crippen MR) is 103 cm³/mol. The Morgan fingerprint density at radius 2 is 1.38 bits per heavy atom. The molecule has 114 valence electrons. The molecule has 0 N–H and O–H groups in total. The van der Waals surface area contributed by atoms with E-state index in [4.69, 9.17) is 11.6 Å². The number of halogens is 1. The van der Waals surface area contributed by atoms with Crippen molar-refractivity contribution in [1.29, 1.82) is 0 Å². The smallest absolute Gasteiger partial charge is 0.0547 e. The molecule has 0 unspecified atom stereocenters. The molecule has 0 saturated carbocycles. The van der Waals surface area contributed by atoms with Gasteiger partial charge in [0.15, 0.2) is 0 Å². The van der Waals surface area contributed by atoms with Crippen LogP contribution in [0.15, 0.2) is 84.9 Å². The number of nitrogens with zero attached hydrogens (tertiary/aromatic N) is 1. The first-order valence-corrected chi connectivity index (χ1v) is 8.37. The minimum Gasteiger partial charge on any atom is -0.309 e. The van der Waals surface area contributed by atoms with Gasteiger partial charge >= 0.3 is 0 Å². The number of rotatable bonds is 1. The van der Waals surface area contributed by atoms with Gasteiger partial charge in [-0.25, -0.2) is 0 Å². The molecule has 1 aromatic heterocycles. The molecule has 0 atom stereocenters. The van der Waals surface area contributed by atoms with Gasteiger partial charge in [0, 0.05) is 26.9 Å². The maximum atomic E-state index is 6.45. The fourth-order valence-electron chi connectivity index (χ4n) is 3.56. The van der Waals surface area contributed by atoms with E-state index in [1.54, 1.807) is 0 Å². The van der Waals surface area contributed by atoms with Crippen LogP contribution in [0, 0.1) is 0 Å². The largest absolute Gasteiger partial charge is 0.309 e. The molecule has 5 aromatic rings. The van der Waals surface area contributed by atoms with Gasteiger partial charge in [-0.15, -0.1) is 0 Å². The lowest BCUT2D eigenvalue weighted by atomic mass is 10.1. The number of hydrogen-bond acceptors (Lipinski definition) is 0. The number of aromatic nitrogens is 1. The van der Waals surface area contributed by atoms with Gasteiger partial charge in [-0.1, -0.05) is 60.1 Å². The van der Waals surface area contributed by atoms with Crippen LogP contribution in [0.25, 0.3) is 38.3 Å². The average Bonchev–Trinajstić information content (AvgIpc) is 2.95. The number of para-hydroxylation sites is 2. The van der Waals surface area contributed by atoms with Gasteiger partial charge in [-0.05, 0) is 41.8 Å². The van der Waals surface area contributed by atoms with Crippen LogP contribution in [0.2, 0.25) is 5.02 Å². The fraction of sp³-hybridized carbons (Fsp3) is 0. The molecule has 0 aliphatic carbocycles. The Labute approximate surface area is 144 Å². The standard InChI is InChI=1S/C22H14ClN/c23-20-11-6-7-15-13-19-17-10-4-5-12-21(17)24(22(19)14-18(15)20)16-8-2-1-3-9-16/h1-14H. The molecule has 0 spiro atoms. The maximum absolute atomic E-state index is 6.45. The molecular formula is C22H14ClN. The average molecular weight is 328 g/mol. The molecule has 5 rings (SSSR count). The quantitative estimate of drug-likeness (QED) is 0.327. The molecular weight excluding hydrogens is 314 g/mol. The normalized spacial score (nSPS) is 11.5. The van der Waals surface area contributed by atoms with E-state index in [9.17, 15) is 0 Å². The Hall–Kier alpha value is -2.77. The number of benzene rings is 4. The van der Waals surface area contributed by atoms with Crippen LogP contribution in [-0.2, 0) is 0 Å². The second-order valence-corrected chi connectivity index (χ2v) is 6.43. The van der Waals surface area contributed by atoms with E-state index in [1.165, 1.54) is 27.2 Å². The summed E-state index contributed by atoms with van der Waals surface area (Å²) in [6, 6.07) is 29.6. The summed E-state index contributed by atoms with van der Waals surface area (Å²) in [6.45, 7) is 0. The summed E-state index contributed by atoms with van der Waals surface area (Å²) in [4.78, 5) is 0. The second kappa shape index (κ2) is 5.12. The highest BCUT2D eigenvalue weighted by atomic mass is 35.5. The number of fused-ring (bicyclic) bond motifs is 4. The Bertz CT molecular complexity index is 1200. The molecule has 0 amide bonds. The summed E-state index contributed by atoms with van der Waals surface area (Å²) in [7, 11) is 0. The Morgan fingerprint density at radius 1 is 0.583 bits per heavy atom. The first-order chi connectivity index (χ1) is 11.8. The zero-order valence-corrected chi connectivity index (χ0v) is 13.7. The van der Waals surface area contributed by atoms with Crippen LogP contribution in [0.3, 0.4) is 0 Å². The summed E-state index contributed by atoms with van der Waals surface area (Å²) in [6.07, 6.45) is 0. The van der Waals surface area contributed by atoms with Gasteiger partial charge in [0.1, 0.15) is 0 Å². The van der Waals surface area contributed by atoms with Gasteiger partial charge in [0.05, 0.1) is 11.0 Å². The monoisotopic (exact) mass is 327 g/mol. The molecule has 0 saturated heterocycles. The van der Waals surface area contributed by atoms with Gasteiger partial charge in [0.25, 0.3) is 0 Å². The van der Waals surface area contributed by atoms with Gasteiger partial charge in [-0.3, -0.25) is 0 Å². The lowest BCUT2D eigenvalue weighted by Crippen LogP contribution is -1.92. The summed E-state index contributed by atoms with van der Waals surface area (Å²) >= 11 is 6.45. The summed E-state index contributed by atoms with van der Waals surface area (Å²) in [5, 5.41) is 5.57.